The molecule has 0 spiro atoms. The van der Waals surface area contributed by atoms with Gasteiger partial charge in [-0.15, -0.1) is 0 Å². The van der Waals surface area contributed by atoms with Gasteiger partial charge >= 0.3 is 0 Å². The number of alkyl halides is 1. The summed E-state index contributed by atoms with van der Waals surface area (Å²) in [4.78, 5) is 0. The molecule has 0 atom stereocenters. The van der Waals surface area contributed by atoms with Crippen molar-refractivity contribution >= 4 is 0 Å². The van der Waals surface area contributed by atoms with Gasteiger partial charge in [0.25, 0.3) is 0 Å². The van der Waals surface area contributed by atoms with E-state index in [-0.39, 0.29) is 0 Å². The standard InChI is InChI=1S/C10H14FNO/c1-13-10-8(5-6-12)3-2-4-9(10)7-11/h2-4H,5-7,12H2,1H3. The monoisotopic (exact) mass is 183 g/mol. The molecule has 0 aromatic heterocycles. The molecule has 1 aromatic rings. The third-order valence-electron chi connectivity index (χ3n) is 1.94. The molecule has 3 heteroatoms. The van der Waals surface area contributed by atoms with Gasteiger partial charge in [-0.3, -0.25) is 0 Å². The molecule has 0 bridgehead atoms. The lowest BCUT2D eigenvalue weighted by Gasteiger charge is -2.10. The van der Waals surface area contributed by atoms with Gasteiger partial charge in [0.15, 0.2) is 0 Å². The first-order valence-electron chi connectivity index (χ1n) is 4.24. The van der Waals surface area contributed by atoms with Crippen LogP contribution in [0.1, 0.15) is 11.1 Å². The fourth-order valence-corrected chi connectivity index (χ4v) is 1.36. The maximum Gasteiger partial charge on any atom is 0.127 e. The lowest BCUT2D eigenvalue weighted by atomic mass is 10.1. The topological polar surface area (TPSA) is 35.2 Å². The molecule has 1 rings (SSSR count). The predicted molar refractivity (Wildman–Crippen MR) is 50.6 cm³/mol. The first-order chi connectivity index (χ1) is 6.33. The first kappa shape index (κ1) is 9.99. The molecule has 1 aromatic carbocycles. The van der Waals surface area contributed by atoms with Crippen molar-refractivity contribution < 1.29 is 9.13 Å². The molecule has 0 aliphatic heterocycles. The first-order valence-corrected chi connectivity index (χ1v) is 4.24. The number of halogens is 1. The number of benzene rings is 1. The summed E-state index contributed by atoms with van der Waals surface area (Å²) in [6, 6.07) is 5.45. The molecule has 72 valence electrons. The summed E-state index contributed by atoms with van der Waals surface area (Å²) in [6.45, 7) is 0.0493. The van der Waals surface area contributed by atoms with E-state index in [1.165, 1.54) is 0 Å². The molecule has 0 heterocycles. The van der Waals surface area contributed by atoms with Crippen molar-refractivity contribution in [1.29, 1.82) is 0 Å². The van der Waals surface area contributed by atoms with Gasteiger partial charge in [-0.2, -0.15) is 0 Å². The van der Waals surface area contributed by atoms with Crippen LogP contribution in [0.3, 0.4) is 0 Å². The van der Waals surface area contributed by atoms with Gasteiger partial charge in [0.05, 0.1) is 7.11 Å². The Kier molecular flexibility index (Phi) is 3.71. The molecule has 2 N–H and O–H groups in total. The predicted octanol–water partition coefficient (Wildman–Crippen LogP) is 1.67. The number of rotatable bonds is 4. The summed E-state index contributed by atoms with van der Waals surface area (Å²) in [7, 11) is 1.55. The van der Waals surface area contributed by atoms with Crippen LogP contribution in [0.4, 0.5) is 4.39 Å². The van der Waals surface area contributed by atoms with E-state index >= 15 is 0 Å². The van der Waals surface area contributed by atoms with Crippen molar-refractivity contribution in [3.63, 3.8) is 0 Å². The molecule has 0 aliphatic rings. The van der Waals surface area contributed by atoms with Gasteiger partial charge in [-0.25, -0.2) is 4.39 Å². The zero-order valence-corrected chi connectivity index (χ0v) is 7.72. The second-order valence-electron chi connectivity index (χ2n) is 2.78. The fraction of sp³-hybridized carbons (Fsp3) is 0.400. The van der Waals surface area contributed by atoms with Crippen molar-refractivity contribution in [3.05, 3.63) is 29.3 Å². The van der Waals surface area contributed by atoms with Gasteiger partial charge < -0.3 is 10.5 Å². The van der Waals surface area contributed by atoms with E-state index in [1.807, 2.05) is 12.1 Å². The second-order valence-corrected chi connectivity index (χ2v) is 2.78. The summed E-state index contributed by atoms with van der Waals surface area (Å²) in [5, 5.41) is 0. The molecule has 0 unspecified atom stereocenters. The van der Waals surface area contributed by atoms with Crippen LogP contribution < -0.4 is 10.5 Å². The zero-order valence-electron chi connectivity index (χ0n) is 7.72. The van der Waals surface area contributed by atoms with Crippen LogP contribution in [0.25, 0.3) is 0 Å². The van der Waals surface area contributed by atoms with Crippen molar-refractivity contribution in [2.75, 3.05) is 13.7 Å². The van der Waals surface area contributed by atoms with Crippen molar-refractivity contribution in [1.82, 2.24) is 0 Å². The molecule has 0 saturated carbocycles. The minimum atomic E-state index is -0.498. The molecular formula is C10H14FNO. The van der Waals surface area contributed by atoms with Gasteiger partial charge in [0.2, 0.25) is 0 Å². The van der Waals surface area contributed by atoms with Crippen molar-refractivity contribution in [2.24, 2.45) is 5.73 Å². The van der Waals surface area contributed by atoms with Crippen LogP contribution in [0.15, 0.2) is 18.2 Å². The molecule has 0 fully saturated rings. The van der Waals surface area contributed by atoms with Crippen LogP contribution in [0.2, 0.25) is 0 Å². The Balaban J connectivity index is 3.03. The van der Waals surface area contributed by atoms with Gasteiger partial charge in [0.1, 0.15) is 12.4 Å². The minimum absolute atomic E-state index is 0.498. The molecule has 0 saturated heterocycles. The van der Waals surface area contributed by atoms with Gasteiger partial charge in [-0.1, -0.05) is 18.2 Å². The average Bonchev–Trinajstić information content (AvgIpc) is 2.18. The third-order valence-corrected chi connectivity index (χ3v) is 1.94. The zero-order chi connectivity index (χ0) is 9.68. The lowest BCUT2D eigenvalue weighted by Crippen LogP contribution is -2.05. The Hall–Kier alpha value is -1.09. The SMILES string of the molecule is COc1c(CF)cccc1CCN. The second kappa shape index (κ2) is 4.82. The molecule has 2 nitrogen and oxygen atoms in total. The normalized spacial score (nSPS) is 10.1. The molecule has 13 heavy (non-hydrogen) atoms. The van der Waals surface area contributed by atoms with Crippen LogP contribution in [-0.2, 0) is 13.1 Å². The third kappa shape index (κ3) is 2.18. The van der Waals surface area contributed by atoms with E-state index < -0.39 is 6.67 Å². The highest BCUT2D eigenvalue weighted by molar-refractivity contribution is 5.41. The van der Waals surface area contributed by atoms with Crippen LogP contribution >= 0.6 is 0 Å². The van der Waals surface area contributed by atoms with E-state index in [0.29, 0.717) is 17.9 Å². The van der Waals surface area contributed by atoms with Crippen molar-refractivity contribution in [2.45, 2.75) is 13.1 Å². The Labute approximate surface area is 77.5 Å². The van der Waals surface area contributed by atoms with E-state index in [9.17, 15) is 4.39 Å². The Bertz CT molecular complexity index is 276. The number of methoxy groups -OCH3 is 1. The summed E-state index contributed by atoms with van der Waals surface area (Å²) in [6.07, 6.45) is 0.719. The Morgan fingerprint density at radius 2 is 2.08 bits per heavy atom. The number of para-hydroxylation sites is 1. The van der Waals surface area contributed by atoms with Crippen LogP contribution in [-0.4, -0.2) is 13.7 Å². The highest BCUT2D eigenvalue weighted by Crippen LogP contribution is 2.24. The van der Waals surface area contributed by atoms with Crippen LogP contribution in [0, 0.1) is 0 Å². The van der Waals surface area contributed by atoms with E-state index in [2.05, 4.69) is 0 Å². The largest absolute Gasteiger partial charge is 0.496 e. The number of hydrogen-bond donors (Lipinski definition) is 1. The summed E-state index contributed by atoms with van der Waals surface area (Å²) >= 11 is 0. The Morgan fingerprint density at radius 1 is 1.38 bits per heavy atom. The van der Waals surface area contributed by atoms with E-state index in [1.54, 1.807) is 13.2 Å². The summed E-state index contributed by atoms with van der Waals surface area (Å²) in [5.74, 6) is 0.635. The van der Waals surface area contributed by atoms with Gasteiger partial charge in [0, 0.05) is 5.56 Å². The Morgan fingerprint density at radius 3 is 2.62 bits per heavy atom. The number of hydrogen-bond acceptors (Lipinski definition) is 2. The quantitative estimate of drug-likeness (QED) is 0.770. The summed E-state index contributed by atoms with van der Waals surface area (Å²) < 4.78 is 17.6. The average molecular weight is 183 g/mol. The highest BCUT2D eigenvalue weighted by atomic mass is 19.1. The maximum absolute atomic E-state index is 12.5. The minimum Gasteiger partial charge on any atom is -0.496 e. The van der Waals surface area contributed by atoms with E-state index in [0.717, 1.165) is 12.0 Å². The van der Waals surface area contributed by atoms with Crippen LogP contribution in [0.5, 0.6) is 5.75 Å². The molecule has 0 aliphatic carbocycles. The molecular weight excluding hydrogens is 169 g/mol. The van der Waals surface area contributed by atoms with Gasteiger partial charge in [-0.05, 0) is 18.5 Å². The van der Waals surface area contributed by atoms with Crippen molar-refractivity contribution in [3.8, 4) is 5.75 Å². The molecule has 0 radical (unpaired) electrons. The lowest BCUT2D eigenvalue weighted by molar-refractivity contribution is 0.389. The smallest absolute Gasteiger partial charge is 0.127 e. The fourth-order valence-electron chi connectivity index (χ4n) is 1.36. The number of nitrogens with two attached hydrogens (primary N) is 1. The molecule has 0 amide bonds. The highest BCUT2D eigenvalue weighted by Gasteiger charge is 2.07. The maximum atomic E-state index is 12.5. The summed E-state index contributed by atoms with van der Waals surface area (Å²) in [5.41, 5.74) is 6.99. The van der Waals surface area contributed by atoms with E-state index in [4.69, 9.17) is 10.5 Å². The number of ether oxygens (including phenoxy) is 1.